The summed E-state index contributed by atoms with van der Waals surface area (Å²) in [7, 11) is 2.18. The first-order valence-corrected chi connectivity index (χ1v) is 12.0. The number of nitrogens with zero attached hydrogens (tertiary/aromatic N) is 4. The van der Waals surface area contributed by atoms with Crippen LogP contribution in [-0.4, -0.2) is 39.9 Å². The van der Waals surface area contributed by atoms with E-state index < -0.39 is 0 Å². The van der Waals surface area contributed by atoms with Crippen LogP contribution in [0, 0.1) is 0 Å². The van der Waals surface area contributed by atoms with Crippen LogP contribution in [-0.2, 0) is 6.54 Å². The fraction of sp³-hybridized carbons (Fsp3) is 0.458. The summed E-state index contributed by atoms with van der Waals surface area (Å²) in [5.41, 5.74) is 2.11. The zero-order valence-corrected chi connectivity index (χ0v) is 20.4. The zero-order valence-electron chi connectivity index (χ0n) is 19.6. The van der Waals surface area contributed by atoms with E-state index in [0.717, 1.165) is 6.54 Å². The van der Waals surface area contributed by atoms with Crippen LogP contribution in [0.15, 0.2) is 64.4 Å². The normalized spacial score (nSPS) is 9.47. The second-order valence-corrected chi connectivity index (χ2v) is 6.63. The summed E-state index contributed by atoms with van der Waals surface area (Å²) in [4.78, 5) is 6.46. The minimum absolute atomic E-state index is 0.463. The van der Waals surface area contributed by atoms with Crippen LogP contribution in [0.1, 0.15) is 53.0 Å². The average Bonchev–Trinajstić information content (AvgIpc) is 3.31. The van der Waals surface area contributed by atoms with Gasteiger partial charge in [-0.2, -0.15) is 0 Å². The Labute approximate surface area is 187 Å². The third-order valence-corrected chi connectivity index (χ3v) is 4.17. The van der Waals surface area contributed by atoms with Gasteiger partial charge in [0.15, 0.2) is 0 Å². The van der Waals surface area contributed by atoms with E-state index in [1.807, 2.05) is 52.1 Å². The lowest BCUT2D eigenvalue weighted by atomic mass is 10.2. The summed E-state index contributed by atoms with van der Waals surface area (Å²) in [6.45, 7) is 12.5. The van der Waals surface area contributed by atoms with E-state index in [1.54, 1.807) is 6.20 Å². The topological polar surface area (TPSA) is 55.1 Å². The second-order valence-electron chi connectivity index (χ2n) is 5.87. The van der Waals surface area contributed by atoms with Gasteiger partial charge < -0.3 is 9.32 Å². The van der Waals surface area contributed by atoms with Gasteiger partial charge in [0, 0.05) is 12.7 Å². The van der Waals surface area contributed by atoms with Crippen molar-refractivity contribution in [1.29, 1.82) is 0 Å². The Bertz CT molecular complexity index is 735. The largest absolute Gasteiger partial charge is 0.410 e. The molecule has 5 nitrogen and oxygen atoms in total. The minimum atomic E-state index is 0.463. The molecule has 0 aliphatic rings. The molecule has 0 saturated heterocycles. The summed E-state index contributed by atoms with van der Waals surface area (Å²) in [6.07, 6.45) is 6.15. The van der Waals surface area contributed by atoms with E-state index >= 15 is 0 Å². The molecule has 166 valence electrons. The number of rotatable bonds is 7. The molecule has 0 fully saturated rings. The molecule has 30 heavy (non-hydrogen) atoms. The molecule has 0 spiro atoms. The Hall–Kier alpha value is -2.18. The van der Waals surface area contributed by atoms with Gasteiger partial charge in [0.25, 0.3) is 11.1 Å². The Morgan fingerprint density at radius 3 is 2.13 bits per heavy atom. The number of hydrogen-bond acceptors (Lipinski definition) is 6. The number of aromatic nitrogens is 3. The van der Waals surface area contributed by atoms with E-state index in [1.165, 1.54) is 36.7 Å². The van der Waals surface area contributed by atoms with Gasteiger partial charge in [-0.1, -0.05) is 89.2 Å². The Balaban J connectivity index is 0.000000481. The van der Waals surface area contributed by atoms with Crippen LogP contribution in [0.3, 0.4) is 0 Å². The molecule has 0 unspecified atom stereocenters. The third-order valence-electron chi connectivity index (χ3n) is 3.65. The Morgan fingerprint density at radius 2 is 1.60 bits per heavy atom. The molecule has 0 aliphatic carbocycles. The van der Waals surface area contributed by atoms with Crippen molar-refractivity contribution in [1.82, 2.24) is 20.1 Å². The van der Waals surface area contributed by atoms with Crippen molar-refractivity contribution < 1.29 is 4.42 Å². The van der Waals surface area contributed by atoms with Gasteiger partial charge in [0.1, 0.15) is 5.69 Å². The number of pyridine rings is 1. The van der Waals surface area contributed by atoms with Crippen molar-refractivity contribution in [3.8, 4) is 11.6 Å². The molecule has 2 aromatic heterocycles. The molecule has 0 amide bonds. The molecular formula is C24H38N4OS. The van der Waals surface area contributed by atoms with Crippen LogP contribution in [0.25, 0.3) is 11.6 Å². The first kappa shape index (κ1) is 27.8. The Morgan fingerprint density at radius 1 is 0.933 bits per heavy atom. The molecule has 1 aromatic carbocycles. The number of unbranched alkanes of at least 4 members (excludes halogenated alkanes) is 1. The molecule has 0 bridgehead atoms. The van der Waals surface area contributed by atoms with E-state index in [4.69, 9.17) is 4.42 Å². The predicted molar refractivity (Wildman–Crippen MR) is 130 cm³/mol. The third kappa shape index (κ3) is 11.7. The number of hydrogen-bond donors (Lipinski definition) is 0. The maximum Gasteiger partial charge on any atom is 0.276 e. The van der Waals surface area contributed by atoms with Crippen LogP contribution in [0.4, 0.5) is 0 Å². The van der Waals surface area contributed by atoms with Crippen molar-refractivity contribution >= 4 is 11.8 Å². The van der Waals surface area contributed by atoms with Gasteiger partial charge in [-0.25, -0.2) is 0 Å². The van der Waals surface area contributed by atoms with Crippen LogP contribution in [0.2, 0.25) is 0 Å². The molecule has 0 N–H and O–H groups in total. The molecule has 0 aliphatic heterocycles. The van der Waals surface area contributed by atoms with Crippen molar-refractivity contribution in [2.75, 3.05) is 19.8 Å². The fourth-order valence-electron chi connectivity index (χ4n) is 2.29. The van der Waals surface area contributed by atoms with Gasteiger partial charge >= 0.3 is 0 Å². The monoisotopic (exact) mass is 430 g/mol. The highest BCUT2D eigenvalue weighted by atomic mass is 32.2. The smallest absolute Gasteiger partial charge is 0.276 e. The summed E-state index contributed by atoms with van der Waals surface area (Å²) >= 11 is 1.42. The first-order chi connectivity index (χ1) is 14.7. The van der Waals surface area contributed by atoms with Crippen LogP contribution in [0.5, 0.6) is 0 Å². The van der Waals surface area contributed by atoms with Gasteiger partial charge in [-0.15, -0.1) is 10.2 Å². The quantitative estimate of drug-likeness (QED) is 0.383. The molecular weight excluding hydrogens is 392 g/mol. The molecule has 6 heteroatoms. The molecule has 0 atom stereocenters. The van der Waals surface area contributed by atoms with Crippen LogP contribution >= 0.6 is 11.8 Å². The van der Waals surface area contributed by atoms with E-state index in [-0.39, 0.29) is 0 Å². The van der Waals surface area contributed by atoms with Crippen molar-refractivity contribution in [3.63, 3.8) is 0 Å². The van der Waals surface area contributed by atoms with E-state index in [2.05, 4.69) is 64.4 Å². The van der Waals surface area contributed by atoms with Gasteiger partial charge in [0.2, 0.25) is 0 Å². The highest BCUT2D eigenvalue weighted by Gasteiger charge is 2.07. The van der Waals surface area contributed by atoms with Gasteiger partial charge in [-0.3, -0.25) is 4.98 Å². The lowest BCUT2D eigenvalue weighted by molar-refractivity contribution is 0.321. The first-order valence-electron chi connectivity index (χ1n) is 10.7. The summed E-state index contributed by atoms with van der Waals surface area (Å²) < 4.78 is 5.30. The average molecular weight is 431 g/mol. The van der Waals surface area contributed by atoms with Crippen molar-refractivity contribution in [3.05, 3.63) is 60.3 Å². The highest BCUT2D eigenvalue weighted by molar-refractivity contribution is 7.98. The van der Waals surface area contributed by atoms with Crippen molar-refractivity contribution in [2.24, 2.45) is 0 Å². The van der Waals surface area contributed by atoms with Gasteiger partial charge in [-0.05, 0) is 44.0 Å². The molecule has 3 aromatic rings. The lowest BCUT2D eigenvalue weighted by Crippen LogP contribution is -2.18. The predicted octanol–water partition coefficient (Wildman–Crippen LogP) is 6.82. The van der Waals surface area contributed by atoms with Crippen LogP contribution < -0.4 is 0 Å². The molecule has 0 radical (unpaired) electrons. The van der Waals surface area contributed by atoms with Gasteiger partial charge in [0.05, 0.1) is 0 Å². The molecule has 2 heterocycles. The minimum Gasteiger partial charge on any atom is -0.410 e. The van der Waals surface area contributed by atoms with Crippen molar-refractivity contribution in [2.45, 2.75) is 59.2 Å². The summed E-state index contributed by atoms with van der Waals surface area (Å²) in [6, 6.07) is 16.2. The maximum absolute atomic E-state index is 5.30. The Kier molecular flexibility index (Phi) is 17.5. The number of thioether (sulfide) groups is 1. The summed E-state index contributed by atoms with van der Waals surface area (Å²) in [5, 5.41) is 8.23. The highest BCUT2D eigenvalue weighted by Crippen LogP contribution is 2.18. The second kappa shape index (κ2) is 18.8. The lowest BCUT2D eigenvalue weighted by Gasteiger charge is -2.15. The SMILES string of the molecule is CC.CC.CCCCN(C)Cc1ccccc1.CSc1nnc(-c2ccccn2)o1. The summed E-state index contributed by atoms with van der Waals surface area (Å²) in [5.74, 6) is 0.463. The van der Waals surface area contributed by atoms with E-state index in [0.29, 0.717) is 16.8 Å². The zero-order chi connectivity index (χ0) is 22.6. The van der Waals surface area contributed by atoms with E-state index in [9.17, 15) is 0 Å². The standard InChI is InChI=1S/C12H19N.C8H7N3OS.2C2H6/c1-3-4-10-13(2)11-12-8-6-5-7-9-12;1-13-8-11-10-7(12-8)6-4-2-3-5-9-6;2*1-2/h5-9H,3-4,10-11H2,1-2H3;2-5H,1H3;2*1-2H3. The molecule has 0 saturated carbocycles. The number of benzene rings is 1. The fourth-order valence-corrected chi connectivity index (χ4v) is 2.57. The molecule has 3 rings (SSSR count). The maximum atomic E-state index is 5.30.